The minimum Gasteiger partial charge on any atom is -0.494 e. The van der Waals surface area contributed by atoms with Crippen LogP contribution in [0.2, 0.25) is 0 Å². The SMILES string of the molecule is C=CC(=O)OCCCCCOc1ccc(C(=O)Oc2ccc(N=Nc3ccc(C)c(S(=O)(=O)O)c3)cc2)cc1. The second-order valence-electron chi connectivity index (χ2n) is 8.31. The van der Waals surface area contributed by atoms with E-state index < -0.39 is 22.1 Å². The van der Waals surface area contributed by atoms with Crippen molar-refractivity contribution >= 4 is 33.4 Å². The summed E-state index contributed by atoms with van der Waals surface area (Å²) in [5.41, 5.74) is 1.44. The lowest BCUT2D eigenvalue weighted by molar-refractivity contribution is -0.137. The first-order chi connectivity index (χ1) is 18.7. The summed E-state index contributed by atoms with van der Waals surface area (Å²) >= 11 is 0. The summed E-state index contributed by atoms with van der Waals surface area (Å²) in [6.45, 7) is 5.74. The van der Waals surface area contributed by atoms with E-state index in [9.17, 15) is 22.6 Å². The molecule has 1 N–H and O–H groups in total. The summed E-state index contributed by atoms with van der Waals surface area (Å²) in [7, 11) is -4.36. The molecule has 0 fully saturated rings. The van der Waals surface area contributed by atoms with E-state index >= 15 is 0 Å². The van der Waals surface area contributed by atoms with Gasteiger partial charge in [-0.15, -0.1) is 0 Å². The van der Waals surface area contributed by atoms with Crippen LogP contribution in [-0.2, 0) is 19.6 Å². The van der Waals surface area contributed by atoms with E-state index in [2.05, 4.69) is 16.8 Å². The third kappa shape index (κ3) is 9.47. The molecule has 3 aromatic rings. The minimum absolute atomic E-state index is 0.235. The average molecular weight is 553 g/mol. The number of nitrogens with zero attached hydrogens (tertiary/aromatic N) is 2. The summed E-state index contributed by atoms with van der Waals surface area (Å²) in [5, 5.41) is 8.04. The first kappa shape index (κ1) is 29.2. The normalized spacial score (nSPS) is 11.2. The number of unbranched alkanes of at least 4 members (excludes halogenated alkanes) is 2. The van der Waals surface area contributed by atoms with Gasteiger partial charge < -0.3 is 14.2 Å². The van der Waals surface area contributed by atoms with Crippen LogP contribution in [0.3, 0.4) is 0 Å². The Kier molecular flexibility index (Phi) is 10.5. The lowest BCUT2D eigenvalue weighted by Crippen LogP contribution is -2.08. The second-order valence-corrected chi connectivity index (χ2v) is 9.70. The molecule has 0 saturated carbocycles. The fourth-order valence-electron chi connectivity index (χ4n) is 3.28. The van der Waals surface area contributed by atoms with Crippen molar-refractivity contribution in [2.45, 2.75) is 31.1 Å². The predicted molar refractivity (Wildman–Crippen MR) is 144 cm³/mol. The quantitative estimate of drug-likeness (QED) is 0.0664. The molecular formula is C28H28N2O8S. The van der Waals surface area contributed by atoms with Gasteiger partial charge in [0.2, 0.25) is 0 Å². The Morgan fingerprint density at radius 2 is 1.49 bits per heavy atom. The molecule has 3 aromatic carbocycles. The first-order valence-electron chi connectivity index (χ1n) is 12.0. The van der Waals surface area contributed by atoms with Gasteiger partial charge in [0.25, 0.3) is 10.1 Å². The molecule has 0 heterocycles. The van der Waals surface area contributed by atoms with Crippen molar-refractivity contribution in [3.63, 3.8) is 0 Å². The Morgan fingerprint density at radius 1 is 0.872 bits per heavy atom. The number of carbonyl (C=O) groups is 2. The largest absolute Gasteiger partial charge is 0.494 e. The van der Waals surface area contributed by atoms with Crippen molar-refractivity contribution in [3.05, 3.63) is 90.5 Å². The molecule has 39 heavy (non-hydrogen) atoms. The van der Waals surface area contributed by atoms with Gasteiger partial charge in [0, 0.05) is 6.08 Å². The van der Waals surface area contributed by atoms with Gasteiger partial charge in [-0.1, -0.05) is 12.6 Å². The first-order valence-corrected chi connectivity index (χ1v) is 13.4. The highest BCUT2D eigenvalue weighted by Gasteiger charge is 2.13. The smallest absolute Gasteiger partial charge is 0.343 e. The minimum atomic E-state index is -4.36. The van der Waals surface area contributed by atoms with Crippen LogP contribution in [0.1, 0.15) is 35.2 Å². The van der Waals surface area contributed by atoms with Crippen LogP contribution in [0, 0.1) is 6.92 Å². The van der Waals surface area contributed by atoms with Crippen molar-refractivity contribution in [1.29, 1.82) is 0 Å². The molecule has 0 aliphatic rings. The molecule has 204 valence electrons. The molecule has 3 rings (SSSR count). The Bertz CT molecular complexity index is 1430. The number of esters is 2. The Labute approximate surface area is 226 Å². The Balaban J connectivity index is 1.46. The van der Waals surface area contributed by atoms with Crippen molar-refractivity contribution in [3.8, 4) is 11.5 Å². The van der Waals surface area contributed by atoms with Crippen molar-refractivity contribution < 1.29 is 36.8 Å². The fraction of sp³-hybridized carbons (Fsp3) is 0.214. The van der Waals surface area contributed by atoms with E-state index in [1.54, 1.807) is 61.5 Å². The molecule has 0 saturated heterocycles. The average Bonchev–Trinajstić information content (AvgIpc) is 2.92. The molecule has 0 aliphatic carbocycles. The number of carbonyl (C=O) groups excluding carboxylic acids is 2. The number of benzene rings is 3. The Hall–Kier alpha value is -4.35. The lowest BCUT2D eigenvalue weighted by Gasteiger charge is -2.08. The Morgan fingerprint density at radius 3 is 2.15 bits per heavy atom. The molecule has 11 heteroatoms. The molecule has 0 atom stereocenters. The number of aryl methyl sites for hydroxylation is 1. The third-order valence-corrected chi connectivity index (χ3v) is 6.33. The monoisotopic (exact) mass is 552 g/mol. The van der Waals surface area contributed by atoms with Crippen LogP contribution < -0.4 is 9.47 Å². The van der Waals surface area contributed by atoms with Crippen LogP contribution in [0.15, 0.2) is 94.5 Å². The van der Waals surface area contributed by atoms with Crippen LogP contribution in [0.4, 0.5) is 11.4 Å². The van der Waals surface area contributed by atoms with Crippen molar-refractivity contribution in [2.24, 2.45) is 10.2 Å². The van der Waals surface area contributed by atoms with Gasteiger partial charge in [-0.25, -0.2) is 9.59 Å². The van der Waals surface area contributed by atoms with Crippen molar-refractivity contribution in [2.75, 3.05) is 13.2 Å². The van der Waals surface area contributed by atoms with E-state index in [4.69, 9.17) is 14.2 Å². The van der Waals surface area contributed by atoms with E-state index in [1.807, 2.05) is 0 Å². The molecule has 0 spiro atoms. The van der Waals surface area contributed by atoms with E-state index in [0.717, 1.165) is 25.3 Å². The number of azo groups is 1. The highest BCUT2D eigenvalue weighted by Crippen LogP contribution is 2.25. The molecule has 0 aromatic heterocycles. The van der Waals surface area contributed by atoms with Crippen LogP contribution in [-0.4, -0.2) is 38.1 Å². The van der Waals surface area contributed by atoms with E-state index in [1.165, 1.54) is 12.1 Å². The zero-order valence-corrected chi connectivity index (χ0v) is 22.1. The van der Waals surface area contributed by atoms with Gasteiger partial charge in [0.1, 0.15) is 11.5 Å². The molecule has 0 bridgehead atoms. The van der Waals surface area contributed by atoms with Gasteiger partial charge in [-0.05, 0) is 92.4 Å². The van der Waals surface area contributed by atoms with Crippen molar-refractivity contribution in [1.82, 2.24) is 0 Å². The second kappa shape index (κ2) is 14.0. The van der Waals surface area contributed by atoms with Gasteiger partial charge in [0.15, 0.2) is 0 Å². The molecular weight excluding hydrogens is 524 g/mol. The number of hydrogen-bond acceptors (Lipinski definition) is 9. The summed E-state index contributed by atoms with van der Waals surface area (Å²) in [4.78, 5) is 23.2. The summed E-state index contributed by atoms with van der Waals surface area (Å²) < 4.78 is 48.2. The summed E-state index contributed by atoms with van der Waals surface area (Å²) in [6, 6.07) is 17.2. The lowest BCUT2D eigenvalue weighted by atomic mass is 10.2. The topological polar surface area (TPSA) is 141 Å². The zero-order chi connectivity index (χ0) is 28.3. The van der Waals surface area contributed by atoms with E-state index in [-0.39, 0.29) is 10.6 Å². The maximum atomic E-state index is 12.5. The van der Waals surface area contributed by atoms with E-state index in [0.29, 0.717) is 41.5 Å². The van der Waals surface area contributed by atoms with Gasteiger partial charge in [-0.3, -0.25) is 4.55 Å². The van der Waals surface area contributed by atoms with Crippen LogP contribution in [0.25, 0.3) is 0 Å². The fourth-order valence-corrected chi connectivity index (χ4v) is 4.03. The molecule has 10 nitrogen and oxygen atoms in total. The maximum absolute atomic E-state index is 12.5. The molecule has 0 radical (unpaired) electrons. The van der Waals surface area contributed by atoms with Gasteiger partial charge in [0.05, 0.1) is 35.0 Å². The van der Waals surface area contributed by atoms with Crippen LogP contribution in [0.5, 0.6) is 11.5 Å². The highest BCUT2D eigenvalue weighted by molar-refractivity contribution is 7.85. The standard InChI is InChI=1S/C28H28N2O8S/c1-3-27(31)37-18-6-4-5-17-36-24-13-8-21(9-14-24)28(32)38-25-15-11-22(12-16-25)29-30-23-10-7-20(2)26(19-23)39(33,34)35/h3,7-16,19H,1,4-6,17-18H2,2H3,(H,33,34,35). The molecule has 0 aliphatic heterocycles. The molecule has 0 unspecified atom stereocenters. The van der Waals surface area contributed by atoms with Gasteiger partial charge >= 0.3 is 11.9 Å². The predicted octanol–water partition coefficient (Wildman–Crippen LogP) is 6.15. The maximum Gasteiger partial charge on any atom is 0.343 e. The molecule has 0 amide bonds. The zero-order valence-electron chi connectivity index (χ0n) is 21.3. The highest BCUT2D eigenvalue weighted by atomic mass is 32.2. The summed E-state index contributed by atoms with van der Waals surface area (Å²) in [6.07, 6.45) is 3.51. The van der Waals surface area contributed by atoms with Crippen LogP contribution >= 0.6 is 0 Å². The van der Waals surface area contributed by atoms with Gasteiger partial charge in [-0.2, -0.15) is 18.6 Å². The third-order valence-electron chi connectivity index (χ3n) is 5.34. The number of rotatable bonds is 13. The number of ether oxygens (including phenoxy) is 3. The number of hydrogen-bond donors (Lipinski definition) is 1. The summed E-state index contributed by atoms with van der Waals surface area (Å²) in [5.74, 6) is -0.0375.